The minimum Gasteiger partial charge on any atom is -0.462 e. The summed E-state index contributed by atoms with van der Waals surface area (Å²) in [6.07, 6.45) is 49.9. The van der Waals surface area contributed by atoms with Crippen molar-refractivity contribution in [2.24, 2.45) is 0 Å². The highest BCUT2D eigenvalue weighted by atomic mass is 16.6. The van der Waals surface area contributed by atoms with Crippen molar-refractivity contribution in [1.29, 1.82) is 0 Å². The second-order valence-corrected chi connectivity index (χ2v) is 13.0. The third kappa shape index (κ3) is 36.4. The van der Waals surface area contributed by atoms with Crippen LogP contribution in [-0.2, 0) is 19.1 Å². The molecule has 0 spiro atoms. The minimum absolute atomic E-state index is 0.0707. The van der Waals surface area contributed by atoms with Crippen molar-refractivity contribution in [2.75, 3.05) is 13.2 Å². The zero-order valence-electron chi connectivity index (χ0n) is 31.2. The molecule has 0 aliphatic heterocycles. The predicted octanol–water partition coefficient (Wildman–Crippen LogP) is 12.4. The van der Waals surface area contributed by atoms with Crippen molar-refractivity contribution >= 4 is 11.9 Å². The predicted molar refractivity (Wildman–Crippen MR) is 205 cm³/mol. The molecule has 0 saturated heterocycles. The van der Waals surface area contributed by atoms with E-state index >= 15 is 0 Å². The minimum atomic E-state index is -0.776. The molecule has 0 heterocycles. The summed E-state index contributed by atoms with van der Waals surface area (Å²) in [5.41, 5.74) is 0. The van der Waals surface area contributed by atoms with Crippen molar-refractivity contribution in [1.82, 2.24) is 0 Å². The maximum atomic E-state index is 12.2. The fourth-order valence-electron chi connectivity index (χ4n) is 5.34. The molecule has 48 heavy (non-hydrogen) atoms. The molecule has 0 aromatic heterocycles. The van der Waals surface area contributed by atoms with Crippen LogP contribution in [0.4, 0.5) is 0 Å². The standard InChI is InChI=1S/C43H74O5/c1-3-5-7-9-11-13-15-16-17-18-19-20-21-22-23-24-25-26-28-30-32-34-36-38-43(46)48-41(39-44)40-47-42(45)37-35-33-31-29-27-14-12-10-8-6-4-2/h5,7,11,13,16-17,19-20,22-23,41,44H,3-4,6,8-10,12,14-15,18,21,24-40H2,1-2H3/b7-5-,13-11-,17-16-,20-19-,23-22-. The van der Waals surface area contributed by atoms with Crippen LogP contribution in [-0.4, -0.2) is 36.4 Å². The van der Waals surface area contributed by atoms with E-state index in [0.29, 0.717) is 12.8 Å². The van der Waals surface area contributed by atoms with Crippen molar-refractivity contribution in [2.45, 2.75) is 187 Å². The van der Waals surface area contributed by atoms with Gasteiger partial charge in [0.15, 0.2) is 6.10 Å². The van der Waals surface area contributed by atoms with Gasteiger partial charge in [0.2, 0.25) is 0 Å². The Bertz CT molecular complexity index is 853. The number of unbranched alkanes of at least 4 members (excludes halogenated alkanes) is 17. The molecule has 0 aliphatic rings. The molecule has 0 aromatic carbocycles. The topological polar surface area (TPSA) is 72.8 Å². The number of carbonyl (C=O) groups excluding carboxylic acids is 2. The van der Waals surface area contributed by atoms with Crippen LogP contribution in [0, 0.1) is 0 Å². The summed E-state index contributed by atoms with van der Waals surface area (Å²) in [5, 5.41) is 9.54. The SMILES string of the molecule is CC/C=C\C/C=C\C/C=C\C/C=C\C/C=C\CCCCCCCCCC(=O)OC(CO)COC(=O)CCCCCCCCCCCCC. The molecule has 0 amide bonds. The molecule has 0 aliphatic carbocycles. The Morgan fingerprint density at radius 3 is 1.35 bits per heavy atom. The highest BCUT2D eigenvalue weighted by molar-refractivity contribution is 5.70. The molecule has 0 saturated carbocycles. The van der Waals surface area contributed by atoms with E-state index in [1.165, 1.54) is 77.0 Å². The van der Waals surface area contributed by atoms with Crippen LogP contribution in [0.3, 0.4) is 0 Å². The summed E-state index contributed by atoms with van der Waals surface area (Å²) >= 11 is 0. The van der Waals surface area contributed by atoms with Crippen LogP contribution >= 0.6 is 0 Å². The lowest BCUT2D eigenvalue weighted by Crippen LogP contribution is -2.28. The number of aliphatic hydroxyl groups excluding tert-OH is 1. The first-order valence-corrected chi connectivity index (χ1v) is 19.8. The van der Waals surface area contributed by atoms with Crippen molar-refractivity contribution in [3.05, 3.63) is 60.8 Å². The average Bonchev–Trinajstić information content (AvgIpc) is 3.09. The van der Waals surface area contributed by atoms with Gasteiger partial charge in [-0.2, -0.15) is 0 Å². The number of hydrogen-bond donors (Lipinski definition) is 1. The first-order valence-electron chi connectivity index (χ1n) is 19.8. The van der Waals surface area contributed by atoms with Gasteiger partial charge in [-0.3, -0.25) is 9.59 Å². The van der Waals surface area contributed by atoms with E-state index in [2.05, 4.69) is 74.6 Å². The summed E-state index contributed by atoms with van der Waals surface area (Å²) < 4.78 is 10.6. The number of rotatable bonds is 35. The maximum absolute atomic E-state index is 12.2. The molecule has 1 unspecified atom stereocenters. The lowest BCUT2D eigenvalue weighted by atomic mass is 10.1. The smallest absolute Gasteiger partial charge is 0.306 e. The highest BCUT2D eigenvalue weighted by Gasteiger charge is 2.16. The fraction of sp³-hybridized carbons (Fsp3) is 0.721. The van der Waals surface area contributed by atoms with Crippen LogP contribution < -0.4 is 0 Å². The summed E-state index contributed by atoms with van der Waals surface area (Å²) in [7, 11) is 0. The third-order valence-electron chi connectivity index (χ3n) is 8.33. The molecule has 0 aromatic rings. The number of allylic oxidation sites excluding steroid dienone is 10. The summed E-state index contributed by atoms with van der Waals surface area (Å²) in [6, 6.07) is 0. The van der Waals surface area contributed by atoms with E-state index in [1.54, 1.807) is 0 Å². The normalized spacial score (nSPS) is 12.8. The van der Waals surface area contributed by atoms with Gasteiger partial charge in [-0.15, -0.1) is 0 Å². The maximum Gasteiger partial charge on any atom is 0.306 e. The molecular formula is C43H74O5. The van der Waals surface area contributed by atoms with Gasteiger partial charge in [-0.05, 0) is 57.8 Å². The van der Waals surface area contributed by atoms with E-state index in [-0.39, 0.29) is 25.2 Å². The Labute approximate surface area is 296 Å². The lowest BCUT2D eigenvalue weighted by molar-refractivity contribution is -0.161. The van der Waals surface area contributed by atoms with E-state index in [4.69, 9.17) is 9.47 Å². The van der Waals surface area contributed by atoms with E-state index in [0.717, 1.165) is 77.0 Å². The Morgan fingerprint density at radius 1 is 0.500 bits per heavy atom. The van der Waals surface area contributed by atoms with Crippen LogP contribution in [0.25, 0.3) is 0 Å². The molecule has 5 heteroatoms. The second kappa shape index (κ2) is 39.0. The van der Waals surface area contributed by atoms with Crippen molar-refractivity contribution in [3.8, 4) is 0 Å². The summed E-state index contributed by atoms with van der Waals surface area (Å²) in [4.78, 5) is 24.2. The molecule has 0 radical (unpaired) electrons. The lowest BCUT2D eigenvalue weighted by Gasteiger charge is -2.15. The van der Waals surface area contributed by atoms with Crippen LogP contribution in [0.15, 0.2) is 60.8 Å². The molecule has 5 nitrogen and oxygen atoms in total. The van der Waals surface area contributed by atoms with Gasteiger partial charge in [0.05, 0.1) is 6.61 Å². The molecule has 1 N–H and O–H groups in total. The van der Waals surface area contributed by atoms with Crippen molar-refractivity contribution < 1.29 is 24.2 Å². The third-order valence-corrected chi connectivity index (χ3v) is 8.33. The van der Waals surface area contributed by atoms with Gasteiger partial charge >= 0.3 is 11.9 Å². The van der Waals surface area contributed by atoms with Crippen LogP contribution in [0.5, 0.6) is 0 Å². The molecule has 0 rings (SSSR count). The van der Waals surface area contributed by atoms with Crippen LogP contribution in [0.1, 0.15) is 181 Å². The Balaban J connectivity index is 3.59. The molecule has 276 valence electrons. The van der Waals surface area contributed by atoms with Crippen molar-refractivity contribution in [3.63, 3.8) is 0 Å². The average molecular weight is 671 g/mol. The Kier molecular flexibility index (Phi) is 37.1. The number of hydrogen-bond acceptors (Lipinski definition) is 5. The summed E-state index contributed by atoms with van der Waals surface area (Å²) in [5.74, 6) is -0.606. The molecule has 0 bridgehead atoms. The Hall–Kier alpha value is -2.40. The highest BCUT2D eigenvalue weighted by Crippen LogP contribution is 2.13. The largest absolute Gasteiger partial charge is 0.462 e. The number of esters is 2. The first-order chi connectivity index (χ1) is 23.6. The number of carbonyl (C=O) groups is 2. The monoisotopic (exact) mass is 671 g/mol. The fourth-order valence-corrected chi connectivity index (χ4v) is 5.34. The zero-order chi connectivity index (χ0) is 35.0. The Morgan fingerprint density at radius 2 is 0.896 bits per heavy atom. The first kappa shape index (κ1) is 45.6. The quantitative estimate of drug-likeness (QED) is 0.0413. The summed E-state index contributed by atoms with van der Waals surface area (Å²) in [6.45, 7) is 4.00. The van der Waals surface area contributed by atoms with E-state index in [1.807, 2.05) is 0 Å². The zero-order valence-corrected chi connectivity index (χ0v) is 31.2. The van der Waals surface area contributed by atoms with Gasteiger partial charge in [0.1, 0.15) is 6.61 Å². The van der Waals surface area contributed by atoms with E-state index in [9.17, 15) is 14.7 Å². The molecule has 0 fully saturated rings. The molecular weight excluding hydrogens is 596 g/mol. The second-order valence-electron chi connectivity index (χ2n) is 13.0. The van der Waals surface area contributed by atoms with Gasteiger partial charge in [0, 0.05) is 12.8 Å². The van der Waals surface area contributed by atoms with Gasteiger partial charge in [-0.25, -0.2) is 0 Å². The number of ether oxygens (including phenoxy) is 2. The molecule has 1 atom stereocenters. The van der Waals surface area contributed by atoms with Gasteiger partial charge < -0.3 is 14.6 Å². The van der Waals surface area contributed by atoms with E-state index < -0.39 is 6.10 Å². The van der Waals surface area contributed by atoms with Gasteiger partial charge in [-0.1, -0.05) is 171 Å². The number of aliphatic hydroxyl groups is 1. The van der Waals surface area contributed by atoms with Gasteiger partial charge in [0.25, 0.3) is 0 Å². The van der Waals surface area contributed by atoms with Crippen LogP contribution in [0.2, 0.25) is 0 Å².